The third-order valence-electron chi connectivity index (χ3n) is 3.83. The summed E-state index contributed by atoms with van der Waals surface area (Å²) in [5.41, 5.74) is -1.14. The molecule has 2 aromatic carbocycles. The average molecular weight is 437 g/mol. The first-order chi connectivity index (χ1) is 12.8. The Kier molecular flexibility index (Phi) is 6.15. The van der Waals surface area contributed by atoms with E-state index in [9.17, 15) is 26.4 Å². The first-order valence-corrected chi connectivity index (χ1v) is 9.87. The molecule has 11 heteroatoms. The highest BCUT2D eigenvalue weighted by Gasteiger charge is 2.31. The summed E-state index contributed by atoms with van der Waals surface area (Å²) in [7, 11) is -1.00. The lowest BCUT2D eigenvalue weighted by molar-refractivity contribution is -0.137. The topological polar surface area (TPSA) is 75.7 Å². The zero-order chi connectivity index (χ0) is 21.3. The number of hydrogen-bond donors (Lipinski definition) is 1. The number of halogens is 4. The van der Waals surface area contributed by atoms with Gasteiger partial charge in [0.2, 0.25) is 10.0 Å². The maximum absolute atomic E-state index is 12.9. The van der Waals surface area contributed by atoms with Gasteiger partial charge in [0.25, 0.3) is 5.91 Å². The Labute approximate surface area is 164 Å². The lowest BCUT2D eigenvalue weighted by Gasteiger charge is -2.19. The van der Waals surface area contributed by atoms with Crippen LogP contribution in [-0.4, -0.2) is 34.7 Å². The molecule has 0 saturated heterocycles. The van der Waals surface area contributed by atoms with E-state index in [-0.39, 0.29) is 27.7 Å². The zero-order valence-electron chi connectivity index (χ0n) is 15.0. The molecule has 0 aliphatic rings. The maximum Gasteiger partial charge on any atom is 0.416 e. The fourth-order valence-electron chi connectivity index (χ4n) is 2.25. The van der Waals surface area contributed by atoms with Crippen LogP contribution in [0.25, 0.3) is 0 Å². The van der Waals surface area contributed by atoms with Gasteiger partial charge in [-0.3, -0.25) is 9.10 Å². The first kappa shape index (κ1) is 21.8. The lowest BCUT2D eigenvalue weighted by atomic mass is 10.1. The van der Waals surface area contributed by atoms with Crippen molar-refractivity contribution in [2.24, 2.45) is 0 Å². The summed E-state index contributed by atoms with van der Waals surface area (Å²) in [4.78, 5) is 12.6. The fraction of sp³-hybridized carbons (Fsp3) is 0.235. The van der Waals surface area contributed by atoms with Crippen molar-refractivity contribution in [3.63, 3.8) is 0 Å². The van der Waals surface area contributed by atoms with E-state index in [1.165, 1.54) is 32.4 Å². The van der Waals surface area contributed by atoms with Gasteiger partial charge in [0.05, 0.1) is 40.9 Å². The molecule has 6 nitrogen and oxygen atoms in total. The standard InChI is InChI=1S/C17H16ClF3N2O4S/c1-23(28(3,25)26)11-5-7-15(27-2)12(9-11)16(24)22-14-8-10(17(19,20)21)4-6-13(14)18/h4-9H,1-3H3,(H,22,24). The minimum Gasteiger partial charge on any atom is -0.496 e. The summed E-state index contributed by atoms with van der Waals surface area (Å²) >= 11 is 5.89. The number of nitrogens with one attached hydrogen (secondary N) is 1. The van der Waals surface area contributed by atoms with Gasteiger partial charge in [-0.05, 0) is 36.4 Å². The van der Waals surface area contributed by atoms with E-state index in [1.54, 1.807) is 0 Å². The number of hydrogen-bond acceptors (Lipinski definition) is 4. The molecular formula is C17H16ClF3N2O4S. The number of carbonyl (C=O) groups is 1. The van der Waals surface area contributed by atoms with E-state index in [4.69, 9.17) is 16.3 Å². The van der Waals surface area contributed by atoms with Crippen LogP contribution in [0.1, 0.15) is 15.9 Å². The molecule has 0 aromatic heterocycles. The SMILES string of the molecule is COc1ccc(N(C)S(C)(=O)=O)cc1C(=O)Nc1cc(C(F)(F)F)ccc1Cl. The van der Waals surface area contributed by atoms with E-state index in [0.29, 0.717) is 6.07 Å². The second-order valence-electron chi connectivity index (χ2n) is 5.76. The van der Waals surface area contributed by atoms with Crippen molar-refractivity contribution in [3.8, 4) is 5.75 Å². The Balaban J connectivity index is 2.44. The Bertz CT molecular complexity index is 1010. The molecule has 0 spiro atoms. The predicted molar refractivity (Wildman–Crippen MR) is 101 cm³/mol. The number of sulfonamides is 1. The number of anilines is 2. The molecule has 0 aliphatic heterocycles. The van der Waals surface area contributed by atoms with Gasteiger partial charge < -0.3 is 10.1 Å². The van der Waals surface area contributed by atoms with Gasteiger partial charge in [-0.2, -0.15) is 13.2 Å². The molecule has 1 N–H and O–H groups in total. The first-order valence-electron chi connectivity index (χ1n) is 7.64. The summed E-state index contributed by atoms with van der Waals surface area (Å²) in [6.45, 7) is 0. The largest absolute Gasteiger partial charge is 0.496 e. The molecule has 0 fully saturated rings. The van der Waals surface area contributed by atoms with Gasteiger partial charge in [0.15, 0.2) is 0 Å². The van der Waals surface area contributed by atoms with Gasteiger partial charge in [-0.1, -0.05) is 11.6 Å². The maximum atomic E-state index is 12.9. The molecule has 0 radical (unpaired) electrons. The second kappa shape index (κ2) is 7.88. The quantitative estimate of drug-likeness (QED) is 0.768. The molecule has 0 heterocycles. The number of nitrogens with zero attached hydrogens (tertiary/aromatic N) is 1. The third kappa shape index (κ3) is 4.87. The van der Waals surface area contributed by atoms with Crippen LogP contribution in [0, 0.1) is 0 Å². The fourth-order valence-corrected chi connectivity index (χ4v) is 2.91. The lowest BCUT2D eigenvalue weighted by Crippen LogP contribution is -2.25. The summed E-state index contributed by atoms with van der Waals surface area (Å²) in [6, 6.07) is 6.56. The highest BCUT2D eigenvalue weighted by atomic mass is 35.5. The number of amides is 1. The Morgan fingerprint density at radius 1 is 1.18 bits per heavy atom. The normalized spacial score (nSPS) is 11.8. The number of methoxy groups -OCH3 is 1. The van der Waals surface area contributed by atoms with Gasteiger partial charge >= 0.3 is 6.18 Å². The number of rotatable bonds is 5. The van der Waals surface area contributed by atoms with Crippen LogP contribution in [0.3, 0.4) is 0 Å². The molecule has 152 valence electrons. The van der Waals surface area contributed by atoms with E-state index >= 15 is 0 Å². The van der Waals surface area contributed by atoms with Crippen LogP contribution >= 0.6 is 11.6 Å². The van der Waals surface area contributed by atoms with Crippen molar-refractivity contribution in [1.29, 1.82) is 0 Å². The van der Waals surface area contributed by atoms with Crippen LogP contribution in [0.4, 0.5) is 24.5 Å². The Hall–Kier alpha value is -2.46. The minimum absolute atomic E-state index is 0.0796. The highest BCUT2D eigenvalue weighted by Crippen LogP contribution is 2.34. The number of carbonyl (C=O) groups excluding carboxylic acids is 1. The Morgan fingerprint density at radius 2 is 1.82 bits per heavy atom. The third-order valence-corrected chi connectivity index (χ3v) is 5.37. The molecule has 28 heavy (non-hydrogen) atoms. The number of alkyl halides is 3. The van der Waals surface area contributed by atoms with E-state index in [0.717, 1.165) is 22.7 Å². The van der Waals surface area contributed by atoms with Gasteiger partial charge in [-0.25, -0.2) is 8.42 Å². The molecule has 1 amide bonds. The molecule has 0 saturated carbocycles. The van der Waals surface area contributed by atoms with Crippen LogP contribution in [0.2, 0.25) is 5.02 Å². The van der Waals surface area contributed by atoms with Crippen molar-refractivity contribution in [1.82, 2.24) is 0 Å². The highest BCUT2D eigenvalue weighted by molar-refractivity contribution is 7.92. The molecule has 0 atom stereocenters. The zero-order valence-corrected chi connectivity index (χ0v) is 16.5. The van der Waals surface area contributed by atoms with Crippen LogP contribution < -0.4 is 14.4 Å². The molecule has 2 aromatic rings. The van der Waals surface area contributed by atoms with E-state index < -0.39 is 27.7 Å². The predicted octanol–water partition coefficient (Wildman–Crippen LogP) is 4.02. The van der Waals surface area contributed by atoms with Crippen LogP contribution in [0.5, 0.6) is 5.75 Å². The van der Waals surface area contributed by atoms with E-state index in [1.807, 2.05) is 0 Å². The summed E-state index contributed by atoms with van der Waals surface area (Å²) in [5.74, 6) is -0.715. The van der Waals surface area contributed by atoms with Gasteiger partial charge in [0, 0.05) is 7.05 Å². The molecular weight excluding hydrogens is 421 g/mol. The van der Waals surface area contributed by atoms with Crippen molar-refractivity contribution in [2.45, 2.75) is 6.18 Å². The smallest absolute Gasteiger partial charge is 0.416 e. The summed E-state index contributed by atoms with van der Waals surface area (Å²) in [6.07, 6.45) is -3.63. The number of benzene rings is 2. The average Bonchev–Trinajstić information content (AvgIpc) is 2.60. The minimum atomic E-state index is -4.61. The molecule has 0 unspecified atom stereocenters. The number of ether oxygens (including phenoxy) is 1. The van der Waals surface area contributed by atoms with Crippen LogP contribution in [0.15, 0.2) is 36.4 Å². The van der Waals surface area contributed by atoms with E-state index in [2.05, 4.69) is 5.32 Å². The summed E-state index contributed by atoms with van der Waals surface area (Å²) in [5, 5.41) is 2.21. The summed E-state index contributed by atoms with van der Waals surface area (Å²) < 4.78 is 68.1. The molecule has 0 aliphatic carbocycles. The van der Waals surface area contributed by atoms with Gasteiger partial charge in [0.1, 0.15) is 5.75 Å². The molecule has 2 rings (SSSR count). The van der Waals surface area contributed by atoms with Crippen molar-refractivity contribution >= 4 is 38.9 Å². The van der Waals surface area contributed by atoms with Crippen molar-refractivity contribution in [3.05, 3.63) is 52.5 Å². The van der Waals surface area contributed by atoms with Crippen molar-refractivity contribution in [2.75, 3.05) is 30.0 Å². The van der Waals surface area contributed by atoms with Gasteiger partial charge in [-0.15, -0.1) is 0 Å². The van der Waals surface area contributed by atoms with Crippen LogP contribution in [-0.2, 0) is 16.2 Å². The molecule has 0 bridgehead atoms. The Morgan fingerprint density at radius 3 is 2.36 bits per heavy atom. The van der Waals surface area contributed by atoms with Crippen molar-refractivity contribution < 1.29 is 31.1 Å². The monoisotopic (exact) mass is 436 g/mol. The second-order valence-corrected chi connectivity index (χ2v) is 8.18.